The predicted molar refractivity (Wildman–Crippen MR) is 103 cm³/mol. The molecule has 0 aliphatic carbocycles. The summed E-state index contributed by atoms with van der Waals surface area (Å²) >= 11 is 5.07. The van der Waals surface area contributed by atoms with Crippen molar-refractivity contribution in [2.24, 2.45) is 0 Å². The molecule has 0 spiro atoms. The second kappa shape index (κ2) is 6.34. The maximum Gasteiger partial charge on any atom is 0.437 e. The maximum absolute atomic E-state index is 12.1. The number of rotatable bonds is 3. The molecule has 7 heteroatoms. The minimum atomic E-state index is -4.69. The lowest BCUT2D eigenvalue weighted by atomic mass is 9.93. The molecule has 0 bridgehead atoms. The molecule has 0 aliphatic heterocycles. The number of benzene rings is 3. The highest BCUT2D eigenvalue weighted by molar-refractivity contribution is 7.71. The Bertz CT molecular complexity index is 1190. The summed E-state index contributed by atoms with van der Waals surface area (Å²) < 4.78 is 18.4. The Morgan fingerprint density at radius 2 is 1.42 bits per heavy atom. The summed E-state index contributed by atoms with van der Waals surface area (Å²) in [6.45, 7) is 0. The van der Waals surface area contributed by atoms with Crippen molar-refractivity contribution in [2.75, 3.05) is 0 Å². The van der Waals surface area contributed by atoms with Crippen molar-refractivity contribution >= 4 is 31.1 Å². The summed E-state index contributed by atoms with van der Waals surface area (Å²) in [5.41, 5.74) is 3.86. The van der Waals surface area contributed by atoms with E-state index in [2.05, 4.69) is 0 Å². The number of nitrogens with zero attached hydrogens (tertiary/aromatic N) is 1. The molecule has 0 amide bonds. The molecule has 0 saturated heterocycles. The minimum absolute atomic E-state index is 0.254. The van der Waals surface area contributed by atoms with Crippen LogP contribution in [-0.2, 0) is 4.57 Å². The standard InChI is InChI=1S/C19H14NO4PS/c21-25(22,23)20-18-16(24-19(20)26)12-11-15(13-7-3-1-4-8-13)17(18)14-9-5-2-6-10-14/h1-12H,(H2,21,22,23). The van der Waals surface area contributed by atoms with Crippen LogP contribution < -0.4 is 0 Å². The molecule has 1 heterocycles. The molecule has 2 N–H and O–H groups in total. The van der Waals surface area contributed by atoms with Crippen molar-refractivity contribution in [1.82, 2.24) is 4.34 Å². The fraction of sp³-hybridized carbons (Fsp3) is 0. The van der Waals surface area contributed by atoms with Gasteiger partial charge in [-0.15, -0.1) is 0 Å². The second-order valence-electron chi connectivity index (χ2n) is 5.76. The molecular formula is C19H14NO4PS. The van der Waals surface area contributed by atoms with E-state index in [0.29, 0.717) is 11.1 Å². The van der Waals surface area contributed by atoms with Gasteiger partial charge in [0.05, 0.1) is 0 Å². The van der Waals surface area contributed by atoms with Crippen molar-refractivity contribution in [3.63, 3.8) is 0 Å². The molecule has 0 radical (unpaired) electrons. The maximum atomic E-state index is 12.1. The van der Waals surface area contributed by atoms with Crippen LogP contribution in [0.2, 0.25) is 0 Å². The molecule has 26 heavy (non-hydrogen) atoms. The lowest BCUT2D eigenvalue weighted by Gasteiger charge is -2.14. The minimum Gasteiger partial charge on any atom is -0.429 e. The summed E-state index contributed by atoms with van der Waals surface area (Å²) in [4.78, 5) is 19.4. The average Bonchev–Trinajstić information content (AvgIpc) is 2.98. The first-order valence-electron chi connectivity index (χ1n) is 7.82. The molecule has 4 aromatic rings. The Kier molecular flexibility index (Phi) is 4.13. The van der Waals surface area contributed by atoms with E-state index in [1.54, 1.807) is 6.07 Å². The van der Waals surface area contributed by atoms with Gasteiger partial charge in [0, 0.05) is 5.56 Å². The van der Waals surface area contributed by atoms with Crippen molar-refractivity contribution in [3.05, 3.63) is 77.6 Å². The zero-order valence-electron chi connectivity index (χ0n) is 13.4. The zero-order chi connectivity index (χ0) is 18.3. The zero-order valence-corrected chi connectivity index (χ0v) is 15.2. The Labute approximate surface area is 154 Å². The number of hydrogen-bond donors (Lipinski definition) is 2. The topological polar surface area (TPSA) is 75.6 Å². The van der Waals surface area contributed by atoms with Crippen LogP contribution in [0.15, 0.2) is 77.2 Å². The van der Waals surface area contributed by atoms with Crippen LogP contribution in [0.3, 0.4) is 0 Å². The van der Waals surface area contributed by atoms with Crippen LogP contribution in [0.25, 0.3) is 33.4 Å². The first-order chi connectivity index (χ1) is 12.5. The van der Waals surface area contributed by atoms with Crippen molar-refractivity contribution in [3.8, 4) is 22.3 Å². The van der Waals surface area contributed by atoms with Crippen LogP contribution in [0.5, 0.6) is 0 Å². The molecule has 0 atom stereocenters. The van der Waals surface area contributed by atoms with E-state index >= 15 is 0 Å². The summed E-state index contributed by atoms with van der Waals surface area (Å²) in [6.07, 6.45) is 0. The largest absolute Gasteiger partial charge is 0.437 e. The molecule has 4 rings (SSSR count). The molecular weight excluding hydrogens is 369 g/mol. The van der Waals surface area contributed by atoms with Gasteiger partial charge in [-0.25, -0.2) is 8.90 Å². The fourth-order valence-electron chi connectivity index (χ4n) is 3.09. The van der Waals surface area contributed by atoms with Crippen LogP contribution >= 0.6 is 20.0 Å². The normalized spacial score (nSPS) is 11.8. The highest BCUT2D eigenvalue weighted by Crippen LogP contribution is 2.46. The SMILES string of the molecule is O=P(O)(O)n1c(=S)oc2ccc(-c3ccccc3)c(-c3ccccc3)c21. The van der Waals surface area contributed by atoms with Gasteiger partial charge in [-0.2, -0.15) is 0 Å². The number of oxazole rings is 1. The molecule has 0 unspecified atom stereocenters. The molecule has 0 aliphatic rings. The van der Waals surface area contributed by atoms with Crippen LogP contribution in [0, 0.1) is 4.84 Å². The van der Waals surface area contributed by atoms with Gasteiger partial charge in [0.15, 0.2) is 5.58 Å². The van der Waals surface area contributed by atoms with Crippen molar-refractivity contribution in [1.29, 1.82) is 0 Å². The quantitative estimate of drug-likeness (QED) is 0.374. The molecule has 130 valence electrons. The number of hydrogen-bond acceptors (Lipinski definition) is 3. The Hall–Kier alpha value is -2.50. The van der Waals surface area contributed by atoms with E-state index in [4.69, 9.17) is 16.6 Å². The molecule has 1 aromatic heterocycles. The summed E-state index contributed by atoms with van der Waals surface area (Å²) in [5.74, 6) is 0. The van der Waals surface area contributed by atoms with E-state index < -0.39 is 7.75 Å². The summed E-state index contributed by atoms with van der Waals surface area (Å²) in [5, 5.41) is 0. The fourth-order valence-corrected chi connectivity index (χ4v) is 4.30. The van der Waals surface area contributed by atoms with Gasteiger partial charge in [-0.1, -0.05) is 60.7 Å². The van der Waals surface area contributed by atoms with Gasteiger partial charge in [0.2, 0.25) is 0 Å². The second-order valence-corrected chi connectivity index (χ2v) is 7.54. The third-order valence-corrected chi connectivity index (χ3v) is 5.43. The number of fused-ring (bicyclic) bond motifs is 1. The molecule has 0 saturated carbocycles. The molecule has 5 nitrogen and oxygen atoms in total. The Balaban J connectivity index is 2.21. The first kappa shape index (κ1) is 16.9. The smallest absolute Gasteiger partial charge is 0.429 e. The molecule has 3 aromatic carbocycles. The van der Waals surface area contributed by atoms with Gasteiger partial charge in [0.25, 0.3) is 4.84 Å². The van der Waals surface area contributed by atoms with Gasteiger partial charge in [0.1, 0.15) is 5.52 Å². The van der Waals surface area contributed by atoms with E-state index in [1.807, 2.05) is 66.7 Å². The summed E-state index contributed by atoms with van der Waals surface area (Å²) in [7, 11) is -4.69. The van der Waals surface area contributed by atoms with E-state index in [1.165, 1.54) is 0 Å². The third-order valence-electron chi connectivity index (χ3n) is 4.13. The first-order valence-corrected chi connectivity index (χ1v) is 9.80. The van der Waals surface area contributed by atoms with Crippen LogP contribution in [0.1, 0.15) is 0 Å². The van der Waals surface area contributed by atoms with Gasteiger partial charge in [-0.05, 0) is 41.0 Å². The van der Waals surface area contributed by atoms with Crippen molar-refractivity contribution < 1.29 is 18.8 Å². The Morgan fingerprint density at radius 3 is 2.00 bits per heavy atom. The van der Waals surface area contributed by atoms with Gasteiger partial charge in [-0.3, -0.25) is 0 Å². The predicted octanol–water partition coefficient (Wildman–Crippen LogP) is 5.24. The third kappa shape index (κ3) is 2.83. The lowest BCUT2D eigenvalue weighted by molar-refractivity contribution is 0.359. The molecule has 0 fully saturated rings. The van der Waals surface area contributed by atoms with Crippen LogP contribution in [0.4, 0.5) is 0 Å². The van der Waals surface area contributed by atoms with Crippen molar-refractivity contribution in [2.45, 2.75) is 0 Å². The van der Waals surface area contributed by atoms with Gasteiger partial charge >= 0.3 is 7.75 Å². The monoisotopic (exact) mass is 383 g/mol. The Morgan fingerprint density at radius 1 is 0.846 bits per heavy atom. The van der Waals surface area contributed by atoms with E-state index in [9.17, 15) is 14.4 Å². The number of aromatic nitrogens is 1. The highest BCUT2D eigenvalue weighted by atomic mass is 32.1. The summed E-state index contributed by atoms with van der Waals surface area (Å²) in [6, 6.07) is 22.6. The average molecular weight is 383 g/mol. The van der Waals surface area contributed by atoms with E-state index in [-0.39, 0.29) is 10.4 Å². The highest BCUT2D eigenvalue weighted by Gasteiger charge is 2.27. The lowest BCUT2D eigenvalue weighted by Crippen LogP contribution is -1.97. The van der Waals surface area contributed by atoms with Crippen LogP contribution in [-0.4, -0.2) is 14.1 Å². The van der Waals surface area contributed by atoms with Gasteiger partial charge < -0.3 is 14.2 Å². The van der Waals surface area contributed by atoms with E-state index in [0.717, 1.165) is 21.0 Å².